The molecule has 2 aromatic rings. The number of halogens is 1. The van der Waals surface area contributed by atoms with Gasteiger partial charge in [-0.15, -0.1) is 0 Å². The van der Waals surface area contributed by atoms with Crippen LogP contribution in [0, 0.1) is 6.92 Å². The summed E-state index contributed by atoms with van der Waals surface area (Å²) in [5.41, 5.74) is 1.75. The van der Waals surface area contributed by atoms with Crippen molar-refractivity contribution in [1.29, 1.82) is 0 Å². The van der Waals surface area contributed by atoms with Gasteiger partial charge in [0.25, 0.3) is 5.56 Å². The van der Waals surface area contributed by atoms with Crippen molar-refractivity contribution in [3.05, 3.63) is 80.0 Å². The fourth-order valence-electron chi connectivity index (χ4n) is 2.82. The molecule has 24 heavy (non-hydrogen) atoms. The van der Waals surface area contributed by atoms with Crippen molar-refractivity contribution >= 4 is 22.5 Å². The summed E-state index contributed by atoms with van der Waals surface area (Å²) in [6.45, 7) is 1.91. The van der Waals surface area contributed by atoms with Gasteiger partial charge in [-0.05, 0) is 42.1 Å². The lowest BCUT2D eigenvalue weighted by atomic mass is 10.1. The van der Waals surface area contributed by atoms with E-state index in [0.717, 1.165) is 22.2 Å². The Hall–Kier alpha value is -2.92. The van der Waals surface area contributed by atoms with Gasteiger partial charge in [-0.3, -0.25) is 14.3 Å². The van der Waals surface area contributed by atoms with E-state index in [4.69, 9.17) is 11.6 Å². The Morgan fingerprint density at radius 1 is 1.08 bits per heavy atom. The number of H-pyrrole nitrogens is 1. The number of benzene rings is 2. The molecule has 0 bridgehead atoms. The van der Waals surface area contributed by atoms with Gasteiger partial charge in [-0.1, -0.05) is 35.9 Å². The van der Waals surface area contributed by atoms with Crippen molar-refractivity contribution in [2.75, 3.05) is 0 Å². The summed E-state index contributed by atoms with van der Waals surface area (Å²) >= 11 is 6.27. The van der Waals surface area contributed by atoms with E-state index in [-0.39, 0.29) is 0 Å². The Balaban J connectivity index is 2.23. The molecule has 2 aromatic carbocycles. The van der Waals surface area contributed by atoms with Crippen LogP contribution in [-0.4, -0.2) is 14.5 Å². The summed E-state index contributed by atoms with van der Waals surface area (Å²) in [6, 6.07) is 14.9. The molecule has 2 aliphatic heterocycles. The maximum absolute atomic E-state index is 12.2. The zero-order chi connectivity index (χ0) is 16.8. The lowest BCUT2D eigenvalue weighted by molar-refractivity contribution is 0.959. The molecule has 0 aromatic heterocycles. The average molecular weight is 338 g/mol. The molecule has 6 heteroatoms. The molecule has 2 heterocycles. The first-order valence-corrected chi connectivity index (χ1v) is 7.74. The normalized spacial score (nSPS) is 11.2. The fraction of sp³-hybridized carbons (Fsp3) is 0.0556. The third kappa shape index (κ3) is 2.21. The van der Waals surface area contributed by atoms with Crippen LogP contribution in [0.3, 0.4) is 0 Å². The molecule has 0 spiro atoms. The van der Waals surface area contributed by atoms with Gasteiger partial charge in [-0.2, -0.15) is 4.98 Å². The van der Waals surface area contributed by atoms with Crippen molar-refractivity contribution < 1.29 is 0 Å². The van der Waals surface area contributed by atoms with E-state index in [0.29, 0.717) is 16.4 Å². The Labute approximate surface area is 141 Å². The summed E-state index contributed by atoms with van der Waals surface area (Å²) < 4.78 is 1.78. The maximum atomic E-state index is 12.2. The van der Waals surface area contributed by atoms with Crippen molar-refractivity contribution in [3.8, 4) is 17.1 Å². The van der Waals surface area contributed by atoms with Gasteiger partial charge in [0.1, 0.15) is 0 Å². The number of rotatable bonds is 1. The minimum absolute atomic E-state index is 0.308. The van der Waals surface area contributed by atoms with Crippen molar-refractivity contribution in [1.82, 2.24) is 14.5 Å². The monoisotopic (exact) mass is 337 g/mol. The van der Waals surface area contributed by atoms with Gasteiger partial charge in [0.05, 0.1) is 11.1 Å². The molecule has 0 saturated heterocycles. The van der Waals surface area contributed by atoms with Crippen molar-refractivity contribution in [3.63, 3.8) is 0 Å². The number of hydrogen-bond acceptors (Lipinski definition) is 3. The molecule has 0 amide bonds. The second-order valence-corrected chi connectivity index (χ2v) is 5.99. The van der Waals surface area contributed by atoms with E-state index in [2.05, 4.69) is 9.97 Å². The Morgan fingerprint density at radius 3 is 2.67 bits per heavy atom. The predicted octanol–water partition coefficient (Wildman–Crippen LogP) is 3.14. The summed E-state index contributed by atoms with van der Waals surface area (Å²) in [5.74, 6) is 0.308. The zero-order valence-electron chi connectivity index (χ0n) is 12.7. The van der Waals surface area contributed by atoms with Crippen LogP contribution in [0.2, 0.25) is 5.02 Å². The van der Waals surface area contributed by atoms with Crippen molar-refractivity contribution in [2.24, 2.45) is 0 Å². The van der Waals surface area contributed by atoms with Crippen LogP contribution in [0.4, 0.5) is 0 Å². The van der Waals surface area contributed by atoms with Crippen LogP contribution < -0.4 is 11.2 Å². The number of fused-ring (bicyclic) bond motifs is 2. The number of aromatic nitrogens is 3. The van der Waals surface area contributed by atoms with Crippen LogP contribution in [-0.2, 0) is 0 Å². The van der Waals surface area contributed by atoms with Gasteiger partial charge in [-0.25, -0.2) is 4.79 Å². The van der Waals surface area contributed by atoms with E-state index in [1.165, 1.54) is 0 Å². The molecule has 2 aliphatic rings. The molecule has 5 nitrogen and oxygen atoms in total. The highest BCUT2D eigenvalue weighted by atomic mass is 35.5. The maximum Gasteiger partial charge on any atom is 0.349 e. The van der Waals surface area contributed by atoms with Crippen LogP contribution in [0.5, 0.6) is 0 Å². The number of pyridine rings is 1. The standard InChI is InChI=1S/C18H12ClN3O2/c1-10-6-7-12(9-14(10)19)22-15-5-3-2-4-11(15)8-13-16(22)20-18(24)21-17(13)23/h2-9H,1H3,(H,21,23,24). The Morgan fingerprint density at radius 2 is 1.88 bits per heavy atom. The van der Waals surface area contributed by atoms with Gasteiger partial charge in [0.2, 0.25) is 0 Å². The van der Waals surface area contributed by atoms with E-state index >= 15 is 0 Å². The smallest absolute Gasteiger partial charge is 0.294 e. The topological polar surface area (TPSA) is 67.8 Å². The Kier molecular flexibility index (Phi) is 3.25. The second-order valence-electron chi connectivity index (χ2n) is 5.58. The van der Waals surface area contributed by atoms with E-state index < -0.39 is 11.2 Å². The van der Waals surface area contributed by atoms with E-state index in [1.54, 1.807) is 16.7 Å². The number of nitrogens with one attached hydrogen (secondary N) is 1. The highest BCUT2D eigenvalue weighted by Crippen LogP contribution is 2.29. The number of para-hydroxylation sites is 1. The largest absolute Gasteiger partial charge is 0.349 e. The molecule has 4 rings (SSSR count). The van der Waals surface area contributed by atoms with Crippen LogP contribution >= 0.6 is 11.6 Å². The first kappa shape index (κ1) is 14.7. The lowest BCUT2D eigenvalue weighted by Gasteiger charge is -2.18. The fourth-order valence-corrected chi connectivity index (χ4v) is 2.99. The van der Waals surface area contributed by atoms with Crippen molar-refractivity contribution in [2.45, 2.75) is 6.92 Å². The predicted molar refractivity (Wildman–Crippen MR) is 94.3 cm³/mol. The number of aromatic amines is 1. The van der Waals surface area contributed by atoms with E-state index in [1.807, 2.05) is 43.3 Å². The summed E-state index contributed by atoms with van der Waals surface area (Å²) in [7, 11) is 0. The highest BCUT2D eigenvalue weighted by molar-refractivity contribution is 6.31. The minimum Gasteiger partial charge on any atom is -0.294 e. The number of aryl methyl sites for hydroxylation is 1. The molecular weight excluding hydrogens is 326 g/mol. The summed E-state index contributed by atoms with van der Waals surface area (Å²) in [6.07, 6.45) is 0. The molecule has 1 N–H and O–H groups in total. The zero-order valence-corrected chi connectivity index (χ0v) is 13.5. The molecule has 0 saturated carbocycles. The average Bonchev–Trinajstić information content (AvgIpc) is 2.56. The number of nitrogens with zero attached hydrogens (tertiary/aromatic N) is 2. The molecule has 0 unspecified atom stereocenters. The third-order valence-corrected chi connectivity index (χ3v) is 4.42. The summed E-state index contributed by atoms with van der Waals surface area (Å²) in [4.78, 5) is 30.2. The SMILES string of the molecule is Cc1ccc(-n2c3nc(=O)[nH]c(=O)c-3cc3ccccc32)cc1Cl. The molecule has 0 radical (unpaired) electrons. The molecule has 0 atom stereocenters. The molecule has 0 aliphatic carbocycles. The molecule has 118 valence electrons. The van der Waals surface area contributed by atoms with Gasteiger partial charge < -0.3 is 0 Å². The summed E-state index contributed by atoms with van der Waals surface area (Å²) in [5, 5.41) is 1.47. The third-order valence-electron chi connectivity index (χ3n) is 4.02. The highest BCUT2D eigenvalue weighted by Gasteiger charge is 2.18. The molecule has 0 fully saturated rings. The van der Waals surface area contributed by atoms with Crippen LogP contribution in [0.25, 0.3) is 28.0 Å². The Bertz CT molecular complexity index is 1180. The number of hydrogen-bond donors (Lipinski definition) is 1. The van der Waals surface area contributed by atoms with Crippen LogP contribution in [0.15, 0.2) is 58.1 Å². The lowest BCUT2D eigenvalue weighted by Crippen LogP contribution is -2.27. The first-order valence-electron chi connectivity index (χ1n) is 7.36. The van der Waals surface area contributed by atoms with Gasteiger partial charge in [0.15, 0.2) is 5.82 Å². The minimum atomic E-state index is -0.672. The van der Waals surface area contributed by atoms with Gasteiger partial charge >= 0.3 is 5.69 Å². The first-order chi connectivity index (χ1) is 11.5. The quantitative estimate of drug-likeness (QED) is 0.542. The van der Waals surface area contributed by atoms with E-state index in [9.17, 15) is 9.59 Å². The molecular formula is C18H12ClN3O2. The van der Waals surface area contributed by atoms with Gasteiger partial charge in [0, 0.05) is 10.7 Å². The second kappa shape index (κ2) is 5.32. The van der Waals surface area contributed by atoms with Crippen LogP contribution in [0.1, 0.15) is 5.56 Å².